The van der Waals surface area contributed by atoms with E-state index in [1.807, 2.05) is 13.0 Å². The Morgan fingerprint density at radius 2 is 2.05 bits per heavy atom. The van der Waals surface area contributed by atoms with Crippen LogP contribution in [0.2, 0.25) is 0 Å². The van der Waals surface area contributed by atoms with Gasteiger partial charge in [-0.2, -0.15) is 0 Å². The van der Waals surface area contributed by atoms with Gasteiger partial charge in [-0.3, -0.25) is 4.72 Å². The number of anilines is 1. The van der Waals surface area contributed by atoms with Gasteiger partial charge in [-0.05, 0) is 40.5 Å². The van der Waals surface area contributed by atoms with Gasteiger partial charge in [0.15, 0.2) is 5.52 Å². The fourth-order valence-electron chi connectivity index (χ4n) is 2.00. The normalized spacial score (nSPS) is 11.7. The fourth-order valence-corrected chi connectivity index (χ4v) is 3.20. The number of nitrogens with one attached hydrogen (secondary N) is 1. The number of nitrogens with zero attached hydrogens (tertiary/aromatic N) is 3. The average Bonchev–Trinajstić information content (AvgIpc) is 2.95. The van der Waals surface area contributed by atoms with E-state index in [4.69, 9.17) is 0 Å². The van der Waals surface area contributed by atoms with Gasteiger partial charge in [0, 0.05) is 6.20 Å². The molecule has 0 saturated heterocycles. The van der Waals surface area contributed by atoms with Crippen LogP contribution in [0.3, 0.4) is 0 Å². The summed E-state index contributed by atoms with van der Waals surface area (Å²) in [5.74, 6) is 0.313. The summed E-state index contributed by atoms with van der Waals surface area (Å²) in [5.41, 5.74) is 1.39. The van der Waals surface area contributed by atoms with Gasteiger partial charge >= 0.3 is 0 Å². The van der Waals surface area contributed by atoms with Crippen molar-refractivity contribution in [3.8, 4) is 0 Å². The van der Waals surface area contributed by atoms with Crippen LogP contribution in [0.25, 0.3) is 11.0 Å². The zero-order valence-corrected chi connectivity index (χ0v) is 12.0. The fraction of sp³-hybridized carbons (Fsp3) is 0.154. The molecule has 0 amide bonds. The molecule has 0 aliphatic heterocycles. The Morgan fingerprint density at radius 1 is 1.19 bits per heavy atom. The Morgan fingerprint density at radius 3 is 2.86 bits per heavy atom. The molecule has 0 atom stereocenters. The quantitative estimate of drug-likeness (QED) is 0.791. The number of aromatic nitrogens is 3. The lowest BCUT2D eigenvalue weighted by atomic mass is 10.2. The maximum atomic E-state index is 12.5. The topological polar surface area (TPSA) is 98.0 Å². The van der Waals surface area contributed by atoms with Crippen LogP contribution in [0.1, 0.15) is 12.5 Å². The van der Waals surface area contributed by atoms with Crippen molar-refractivity contribution in [1.29, 1.82) is 0 Å². The van der Waals surface area contributed by atoms with Crippen LogP contribution in [0.15, 0.2) is 46.1 Å². The third-order valence-corrected chi connectivity index (χ3v) is 4.41. The summed E-state index contributed by atoms with van der Waals surface area (Å²) in [7, 11) is -3.82. The van der Waals surface area contributed by atoms with Gasteiger partial charge in [-0.1, -0.05) is 19.1 Å². The summed E-state index contributed by atoms with van der Waals surface area (Å²) in [5, 5.41) is 7.28. The summed E-state index contributed by atoms with van der Waals surface area (Å²) in [4.78, 5) is 4.09. The van der Waals surface area contributed by atoms with E-state index in [0.717, 1.165) is 5.56 Å². The van der Waals surface area contributed by atoms with Gasteiger partial charge in [0.05, 0.1) is 0 Å². The lowest BCUT2D eigenvalue weighted by molar-refractivity contribution is 0.315. The third-order valence-electron chi connectivity index (χ3n) is 3.04. The van der Waals surface area contributed by atoms with Gasteiger partial charge in [-0.25, -0.2) is 18.0 Å². The minimum atomic E-state index is -3.82. The van der Waals surface area contributed by atoms with Gasteiger partial charge < -0.3 is 0 Å². The van der Waals surface area contributed by atoms with E-state index in [1.165, 1.54) is 12.3 Å². The number of aryl methyl sites for hydroxylation is 1. The minimum Gasteiger partial charge on any atom is -0.263 e. The lowest BCUT2D eigenvalue weighted by Gasteiger charge is -2.10. The lowest BCUT2D eigenvalue weighted by Crippen LogP contribution is -2.15. The highest BCUT2D eigenvalue weighted by molar-refractivity contribution is 7.93. The SMILES string of the molecule is CCc1cccnc1NS(=O)(=O)c1cccc2nonc12. The molecular formula is C13H12N4O3S. The number of hydrogen-bond donors (Lipinski definition) is 1. The van der Waals surface area contributed by atoms with Crippen LogP contribution in [0.5, 0.6) is 0 Å². The van der Waals surface area contributed by atoms with E-state index in [9.17, 15) is 8.42 Å². The number of benzene rings is 1. The highest BCUT2D eigenvalue weighted by Crippen LogP contribution is 2.23. The molecule has 8 heteroatoms. The molecule has 0 radical (unpaired) electrons. The monoisotopic (exact) mass is 304 g/mol. The molecule has 3 rings (SSSR count). The average molecular weight is 304 g/mol. The van der Waals surface area contributed by atoms with Crippen molar-refractivity contribution < 1.29 is 13.0 Å². The summed E-state index contributed by atoms with van der Waals surface area (Å²) < 4.78 is 32.1. The van der Waals surface area contributed by atoms with E-state index in [2.05, 4.69) is 24.6 Å². The maximum absolute atomic E-state index is 12.5. The predicted octanol–water partition coefficient (Wildman–Crippen LogP) is 1.98. The van der Waals surface area contributed by atoms with E-state index in [1.54, 1.807) is 18.2 Å². The van der Waals surface area contributed by atoms with Crippen molar-refractivity contribution in [3.63, 3.8) is 0 Å². The van der Waals surface area contributed by atoms with Crippen molar-refractivity contribution in [1.82, 2.24) is 15.3 Å². The summed E-state index contributed by atoms with van der Waals surface area (Å²) in [6.45, 7) is 1.93. The van der Waals surface area contributed by atoms with Gasteiger partial charge in [0.2, 0.25) is 0 Å². The molecule has 1 aromatic carbocycles. The Balaban J connectivity index is 2.07. The number of fused-ring (bicyclic) bond motifs is 1. The van der Waals surface area contributed by atoms with Gasteiger partial charge in [0.25, 0.3) is 10.0 Å². The second-order valence-corrected chi connectivity index (χ2v) is 6.01. The highest BCUT2D eigenvalue weighted by atomic mass is 32.2. The van der Waals surface area contributed by atoms with Crippen LogP contribution in [0, 0.1) is 0 Å². The summed E-state index contributed by atoms with van der Waals surface area (Å²) in [6.07, 6.45) is 2.21. The Kier molecular flexibility index (Phi) is 3.30. The minimum absolute atomic E-state index is 0.00829. The first-order chi connectivity index (χ1) is 10.1. The molecule has 0 saturated carbocycles. The zero-order chi connectivity index (χ0) is 14.9. The van der Waals surface area contributed by atoms with E-state index >= 15 is 0 Å². The van der Waals surface area contributed by atoms with Crippen LogP contribution < -0.4 is 4.72 Å². The van der Waals surface area contributed by atoms with E-state index < -0.39 is 10.0 Å². The molecule has 2 aromatic heterocycles. The molecule has 0 unspecified atom stereocenters. The molecule has 108 valence electrons. The van der Waals surface area contributed by atoms with Crippen molar-refractivity contribution in [2.75, 3.05) is 4.72 Å². The van der Waals surface area contributed by atoms with Crippen LogP contribution in [-0.2, 0) is 16.4 Å². The Bertz CT molecular complexity index is 889. The first-order valence-electron chi connectivity index (χ1n) is 6.30. The predicted molar refractivity (Wildman–Crippen MR) is 76.2 cm³/mol. The van der Waals surface area contributed by atoms with E-state index in [-0.39, 0.29) is 10.4 Å². The molecule has 0 fully saturated rings. The molecule has 0 spiro atoms. The zero-order valence-electron chi connectivity index (χ0n) is 11.1. The first-order valence-corrected chi connectivity index (χ1v) is 7.78. The van der Waals surface area contributed by atoms with Crippen LogP contribution in [0.4, 0.5) is 5.82 Å². The van der Waals surface area contributed by atoms with Gasteiger partial charge in [-0.15, -0.1) is 0 Å². The third kappa shape index (κ3) is 2.45. The van der Waals surface area contributed by atoms with Crippen LogP contribution >= 0.6 is 0 Å². The maximum Gasteiger partial charge on any atom is 0.265 e. The molecular weight excluding hydrogens is 292 g/mol. The largest absolute Gasteiger partial charge is 0.265 e. The van der Waals surface area contributed by atoms with Crippen molar-refractivity contribution in [2.45, 2.75) is 18.2 Å². The first kappa shape index (κ1) is 13.5. The highest BCUT2D eigenvalue weighted by Gasteiger charge is 2.21. The molecule has 0 aliphatic carbocycles. The number of hydrogen-bond acceptors (Lipinski definition) is 6. The Hall–Kier alpha value is -2.48. The molecule has 7 nitrogen and oxygen atoms in total. The molecule has 1 N–H and O–H groups in total. The van der Waals surface area contributed by atoms with Crippen molar-refractivity contribution >= 4 is 26.9 Å². The molecule has 3 aromatic rings. The van der Waals surface area contributed by atoms with Crippen molar-refractivity contribution in [2.24, 2.45) is 0 Å². The van der Waals surface area contributed by atoms with Crippen LogP contribution in [-0.4, -0.2) is 23.7 Å². The smallest absolute Gasteiger partial charge is 0.263 e. The van der Waals surface area contributed by atoms with Crippen molar-refractivity contribution in [3.05, 3.63) is 42.1 Å². The van der Waals surface area contributed by atoms with E-state index in [0.29, 0.717) is 17.8 Å². The number of pyridine rings is 1. The second-order valence-electron chi connectivity index (χ2n) is 4.36. The number of rotatable bonds is 4. The molecule has 21 heavy (non-hydrogen) atoms. The summed E-state index contributed by atoms with van der Waals surface area (Å²) >= 11 is 0. The summed E-state index contributed by atoms with van der Waals surface area (Å²) in [6, 6.07) is 8.24. The number of sulfonamides is 1. The second kappa shape index (κ2) is 5.13. The Labute approximate surface area is 121 Å². The molecule has 2 heterocycles. The van der Waals surface area contributed by atoms with Gasteiger partial charge in [0.1, 0.15) is 16.2 Å². The standard InChI is InChI=1S/C13H12N4O3S/c1-2-9-5-4-8-14-13(9)17-21(18,19)11-7-3-6-10-12(11)16-20-15-10/h3-8H,2H2,1H3,(H,14,17). The molecule has 0 aliphatic rings. The molecule has 0 bridgehead atoms.